The molecule has 0 saturated carbocycles. The molecule has 0 fully saturated rings. The number of nitrogens with zero attached hydrogens (tertiary/aromatic N) is 1. The molecule has 9 heteroatoms. The summed E-state index contributed by atoms with van der Waals surface area (Å²) in [5.74, 6) is -1.77. The molecule has 0 heterocycles. The Balaban J connectivity index is 2.40. The van der Waals surface area contributed by atoms with Crippen LogP contribution in [0.15, 0.2) is 24.3 Å². The first-order chi connectivity index (χ1) is 12.8. The molecule has 0 unspecified atom stereocenters. The van der Waals surface area contributed by atoms with Gasteiger partial charge in [0.05, 0.1) is 18.0 Å². The van der Waals surface area contributed by atoms with Crippen LogP contribution < -0.4 is 0 Å². The number of hydrogen-bond donors (Lipinski definition) is 0. The van der Waals surface area contributed by atoms with E-state index in [1.165, 1.54) is 24.3 Å². The van der Waals surface area contributed by atoms with Crippen molar-refractivity contribution >= 4 is 41.1 Å². The number of carbonyl (C=O) groups is 3. The van der Waals surface area contributed by atoms with Gasteiger partial charge in [-0.3, -0.25) is 24.5 Å². The number of benzene rings is 1. The van der Waals surface area contributed by atoms with Gasteiger partial charge in [0.1, 0.15) is 18.1 Å². The van der Waals surface area contributed by atoms with E-state index in [-0.39, 0.29) is 23.7 Å². The number of nitro groups is 1. The monoisotopic (exact) mass is 397 g/mol. The van der Waals surface area contributed by atoms with Gasteiger partial charge in [-0.05, 0) is 24.1 Å². The van der Waals surface area contributed by atoms with Crippen molar-refractivity contribution in [2.75, 3.05) is 13.2 Å². The number of nitro benzene ring substituents is 1. The summed E-state index contributed by atoms with van der Waals surface area (Å²) in [4.78, 5) is 44.8. The largest absolute Gasteiger partial charge is 0.466 e. The quantitative estimate of drug-likeness (QED) is 0.140. The molecule has 1 aromatic carbocycles. The van der Waals surface area contributed by atoms with E-state index in [1.54, 1.807) is 0 Å². The van der Waals surface area contributed by atoms with Crippen molar-refractivity contribution in [2.45, 2.75) is 32.6 Å². The lowest BCUT2D eigenvalue weighted by Gasteiger charge is -2.05. The van der Waals surface area contributed by atoms with Gasteiger partial charge in [0.2, 0.25) is 0 Å². The van der Waals surface area contributed by atoms with Gasteiger partial charge in [0, 0.05) is 6.07 Å². The van der Waals surface area contributed by atoms with E-state index in [0.29, 0.717) is 12.2 Å². The van der Waals surface area contributed by atoms with Crippen molar-refractivity contribution in [3.63, 3.8) is 0 Å². The number of carbonyl (C=O) groups excluding carboxylic acids is 3. The Labute approximate surface area is 161 Å². The van der Waals surface area contributed by atoms with Gasteiger partial charge in [-0.1, -0.05) is 37.1 Å². The molecule has 0 N–H and O–H groups in total. The van der Waals surface area contributed by atoms with Gasteiger partial charge in [-0.15, -0.1) is 0 Å². The number of hydrogen-bond acceptors (Lipinski definition) is 7. The fourth-order valence-corrected chi connectivity index (χ4v) is 2.05. The first-order valence-corrected chi connectivity index (χ1v) is 8.67. The third kappa shape index (κ3) is 8.96. The highest BCUT2D eigenvalue weighted by molar-refractivity contribution is 6.32. The van der Waals surface area contributed by atoms with E-state index in [9.17, 15) is 24.5 Å². The Bertz CT molecular complexity index is 730. The second-order valence-corrected chi connectivity index (χ2v) is 5.90. The van der Waals surface area contributed by atoms with Crippen LogP contribution >= 0.6 is 11.6 Å². The zero-order valence-corrected chi connectivity index (χ0v) is 15.6. The number of halogens is 1. The molecule has 0 aliphatic carbocycles. The smallest absolute Gasteiger partial charge is 0.313 e. The molecule has 1 rings (SSSR count). The predicted octanol–water partition coefficient (Wildman–Crippen LogP) is 3.50. The summed E-state index contributed by atoms with van der Waals surface area (Å²) in [6.07, 6.45) is 3.55. The molecule has 27 heavy (non-hydrogen) atoms. The summed E-state index contributed by atoms with van der Waals surface area (Å²) < 4.78 is 9.71. The zero-order valence-electron chi connectivity index (χ0n) is 14.8. The fraction of sp³-hybridized carbons (Fsp3) is 0.389. The van der Waals surface area contributed by atoms with Crippen molar-refractivity contribution in [1.29, 1.82) is 0 Å². The minimum atomic E-state index is -0.770. The van der Waals surface area contributed by atoms with Gasteiger partial charge in [-0.25, -0.2) is 0 Å². The van der Waals surface area contributed by atoms with E-state index < -0.39 is 29.1 Å². The summed E-state index contributed by atoms with van der Waals surface area (Å²) in [6.45, 7) is 2.13. The van der Waals surface area contributed by atoms with Crippen LogP contribution in [0.2, 0.25) is 5.02 Å². The molecule has 0 amide bonds. The van der Waals surface area contributed by atoms with Crippen LogP contribution in [0.3, 0.4) is 0 Å². The van der Waals surface area contributed by atoms with Crippen molar-refractivity contribution in [3.8, 4) is 0 Å². The van der Waals surface area contributed by atoms with E-state index in [4.69, 9.17) is 21.1 Å². The highest BCUT2D eigenvalue weighted by Gasteiger charge is 2.13. The molecular formula is C18H20ClNO7. The normalized spacial score (nSPS) is 10.6. The van der Waals surface area contributed by atoms with Crippen LogP contribution in [0.25, 0.3) is 6.08 Å². The van der Waals surface area contributed by atoms with Crippen LogP contribution in [0.4, 0.5) is 5.69 Å². The van der Waals surface area contributed by atoms with Crippen LogP contribution in [0.5, 0.6) is 0 Å². The molecule has 0 aromatic heterocycles. The highest BCUT2D eigenvalue weighted by Crippen LogP contribution is 2.25. The van der Waals surface area contributed by atoms with Crippen molar-refractivity contribution < 1.29 is 28.8 Å². The molecule has 0 aliphatic heterocycles. The van der Waals surface area contributed by atoms with Crippen molar-refractivity contribution in [1.82, 2.24) is 0 Å². The van der Waals surface area contributed by atoms with Crippen molar-refractivity contribution in [2.24, 2.45) is 0 Å². The fourth-order valence-electron chi connectivity index (χ4n) is 1.87. The van der Waals surface area contributed by atoms with E-state index >= 15 is 0 Å². The van der Waals surface area contributed by atoms with Gasteiger partial charge in [0.25, 0.3) is 5.69 Å². The maximum atomic E-state index is 11.7. The molecular weight excluding hydrogens is 378 g/mol. The van der Waals surface area contributed by atoms with Gasteiger partial charge in [0.15, 0.2) is 5.78 Å². The first kappa shape index (κ1) is 22.3. The highest BCUT2D eigenvalue weighted by atomic mass is 35.5. The molecule has 0 aliphatic rings. The van der Waals surface area contributed by atoms with Gasteiger partial charge in [-0.2, -0.15) is 0 Å². The van der Waals surface area contributed by atoms with E-state index in [2.05, 4.69) is 0 Å². The Morgan fingerprint density at radius 2 is 1.89 bits per heavy atom. The number of rotatable bonds is 11. The summed E-state index contributed by atoms with van der Waals surface area (Å²) >= 11 is 5.70. The topological polar surface area (TPSA) is 113 Å². The van der Waals surface area contributed by atoms with Crippen LogP contribution in [0, 0.1) is 10.1 Å². The molecule has 0 spiro atoms. The molecule has 0 radical (unpaired) electrons. The molecule has 146 valence electrons. The Kier molecular flexibility index (Phi) is 9.74. The number of ether oxygens (including phenoxy) is 2. The SMILES string of the molecule is CCCCOC(=O)CCOC(=O)CC(=O)C=Cc1ccc(Cl)c([N+](=O)[O-])c1. The third-order valence-electron chi connectivity index (χ3n) is 3.28. The lowest BCUT2D eigenvalue weighted by atomic mass is 10.1. The lowest BCUT2D eigenvalue weighted by Crippen LogP contribution is -2.14. The first-order valence-electron chi connectivity index (χ1n) is 8.29. The summed E-state index contributed by atoms with van der Waals surface area (Å²) in [5.41, 5.74) is 0.110. The lowest BCUT2D eigenvalue weighted by molar-refractivity contribution is -0.384. The molecule has 0 bridgehead atoms. The van der Waals surface area contributed by atoms with Crippen LogP contribution in [-0.2, 0) is 23.9 Å². The standard InChI is InChI=1S/C18H20ClNO7/c1-2-3-9-26-17(22)8-10-27-18(23)12-14(21)6-4-13-5-7-15(19)16(11-13)20(24)25/h4-7,11H,2-3,8-10,12H2,1H3. The Morgan fingerprint density at radius 1 is 1.19 bits per heavy atom. The maximum absolute atomic E-state index is 11.7. The van der Waals surface area contributed by atoms with Gasteiger partial charge >= 0.3 is 11.9 Å². The number of esters is 2. The van der Waals surface area contributed by atoms with Crippen molar-refractivity contribution in [3.05, 3.63) is 45.0 Å². The molecule has 1 aromatic rings. The average Bonchev–Trinajstić information content (AvgIpc) is 2.61. The van der Waals surface area contributed by atoms with E-state index in [1.807, 2.05) is 6.92 Å². The minimum Gasteiger partial charge on any atom is -0.466 e. The second-order valence-electron chi connectivity index (χ2n) is 5.49. The summed E-state index contributed by atoms with van der Waals surface area (Å²) in [7, 11) is 0. The second kappa shape index (κ2) is 11.8. The Morgan fingerprint density at radius 3 is 2.56 bits per heavy atom. The summed E-state index contributed by atoms with van der Waals surface area (Å²) in [6, 6.07) is 4.06. The summed E-state index contributed by atoms with van der Waals surface area (Å²) in [5, 5.41) is 10.8. The van der Waals surface area contributed by atoms with Crippen LogP contribution in [-0.4, -0.2) is 35.9 Å². The molecule has 0 saturated heterocycles. The molecule has 8 nitrogen and oxygen atoms in total. The maximum Gasteiger partial charge on any atom is 0.313 e. The zero-order chi connectivity index (χ0) is 20.2. The number of ketones is 1. The van der Waals surface area contributed by atoms with Gasteiger partial charge < -0.3 is 9.47 Å². The average molecular weight is 398 g/mol. The Hall–Kier alpha value is -2.74. The number of allylic oxidation sites excluding steroid dienone is 1. The number of unbranched alkanes of at least 4 members (excludes halogenated alkanes) is 1. The van der Waals surface area contributed by atoms with E-state index in [0.717, 1.165) is 18.9 Å². The minimum absolute atomic E-state index is 0.0136. The molecule has 0 atom stereocenters. The predicted molar refractivity (Wildman–Crippen MR) is 98.2 cm³/mol. The third-order valence-corrected chi connectivity index (χ3v) is 3.60. The van der Waals surface area contributed by atoms with Crippen LogP contribution in [0.1, 0.15) is 38.2 Å².